The first-order chi connectivity index (χ1) is 13.6. The molecule has 29 heavy (non-hydrogen) atoms. The average molecular weight is 441 g/mol. The van der Waals surface area contributed by atoms with Crippen LogP contribution >= 0.6 is 23.5 Å². The zero-order valence-corrected chi connectivity index (χ0v) is 16.5. The van der Waals surface area contributed by atoms with Gasteiger partial charge >= 0.3 is 6.18 Å². The molecule has 3 rings (SSSR count). The van der Waals surface area contributed by atoms with E-state index in [-0.39, 0.29) is 0 Å². The lowest BCUT2D eigenvalue weighted by atomic mass is 10.1. The van der Waals surface area contributed by atoms with Crippen LogP contribution in [0.25, 0.3) is 0 Å². The molecule has 0 saturated heterocycles. The number of amides is 1. The highest BCUT2D eigenvalue weighted by atomic mass is 32.2. The molecule has 2 aromatic carbocycles. The van der Waals surface area contributed by atoms with Crippen molar-refractivity contribution in [2.24, 2.45) is 4.99 Å². The molecule has 0 fully saturated rings. The fraction of sp³-hybridized carbons (Fsp3) is 0.222. The number of carbonyl (C=O) groups is 1. The standard InChI is InChI=1S/C18H14F3N3O3S2/c1-10(29-17-23-14-5-3-2-4-11(14)9-28-17)16(25)22-15-7-6-12(24(26)27)8-13(15)18(19,20)21/h2-8,10H,9H2,1H3,(H,22,25). The second kappa shape index (κ2) is 8.46. The van der Waals surface area contributed by atoms with Crippen LogP contribution in [0.3, 0.4) is 0 Å². The smallest absolute Gasteiger partial charge is 0.325 e. The Labute approximate surface area is 172 Å². The molecule has 152 valence electrons. The third kappa shape index (κ3) is 5.10. The molecule has 1 heterocycles. The van der Waals surface area contributed by atoms with Crippen LogP contribution in [0.15, 0.2) is 47.5 Å². The second-order valence-electron chi connectivity index (χ2n) is 6.03. The summed E-state index contributed by atoms with van der Waals surface area (Å²) in [6.45, 7) is 1.56. The third-order valence-corrected chi connectivity index (χ3v) is 6.27. The lowest BCUT2D eigenvalue weighted by Crippen LogP contribution is -2.25. The summed E-state index contributed by atoms with van der Waals surface area (Å²) < 4.78 is 40.4. The van der Waals surface area contributed by atoms with Crippen molar-refractivity contribution in [3.63, 3.8) is 0 Å². The molecule has 1 unspecified atom stereocenters. The molecule has 6 nitrogen and oxygen atoms in total. The minimum atomic E-state index is -4.85. The van der Waals surface area contributed by atoms with Crippen LogP contribution < -0.4 is 5.32 Å². The molecule has 1 amide bonds. The molecule has 0 radical (unpaired) electrons. The topological polar surface area (TPSA) is 84.6 Å². The third-order valence-electron chi connectivity index (χ3n) is 3.98. The monoisotopic (exact) mass is 441 g/mol. The SMILES string of the molecule is CC(SC1=Nc2ccccc2CS1)C(=O)Nc1ccc([N+](=O)[O-])cc1C(F)(F)F. The Morgan fingerprint density at radius 2 is 2.03 bits per heavy atom. The van der Waals surface area contributed by atoms with Crippen molar-refractivity contribution in [3.05, 3.63) is 63.7 Å². The fourth-order valence-corrected chi connectivity index (χ4v) is 4.69. The summed E-state index contributed by atoms with van der Waals surface area (Å²) in [5, 5.41) is 12.3. The van der Waals surface area contributed by atoms with Crippen LogP contribution in [0.4, 0.5) is 30.2 Å². The second-order valence-corrected chi connectivity index (χ2v) is 8.58. The predicted molar refractivity (Wildman–Crippen MR) is 109 cm³/mol. The summed E-state index contributed by atoms with van der Waals surface area (Å²) in [7, 11) is 0. The van der Waals surface area contributed by atoms with E-state index in [1.165, 1.54) is 11.8 Å². The van der Waals surface area contributed by atoms with Gasteiger partial charge in [-0.05, 0) is 24.6 Å². The molecule has 0 spiro atoms. The van der Waals surface area contributed by atoms with Crippen molar-refractivity contribution in [1.82, 2.24) is 0 Å². The van der Waals surface area contributed by atoms with E-state index < -0.39 is 39.2 Å². The van der Waals surface area contributed by atoms with Crippen LogP contribution in [-0.2, 0) is 16.7 Å². The first-order valence-corrected chi connectivity index (χ1v) is 10.1. The fourth-order valence-electron chi connectivity index (χ4n) is 2.50. The number of nitro benzene ring substituents is 1. The Morgan fingerprint density at radius 3 is 2.72 bits per heavy atom. The average Bonchev–Trinajstić information content (AvgIpc) is 2.67. The van der Waals surface area contributed by atoms with E-state index >= 15 is 0 Å². The van der Waals surface area contributed by atoms with Crippen LogP contribution in [0, 0.1) is 10.1 Å². The van der Waals surface area contributed by atoms with Crippen molar-refractivity contribution < 1.29 is 22.9 Å². The van der Waals surface area contributed by atoms with Gasteiger partial charge in [0.1, 0.15) is 4.38 Å². The number of aliphatic imine (C=N–C) groups is 1. The van der Waals surface area contributed by atoms with Crippen molar-refractivity contribution in [1.29, 1.82) is 0 Å². The number of non-ortho nitro benzene ring substituents is 1. The van der Waals surface area contributed by atoms with E-state index in [4.69, 9.17) is 0 Å². The molecule has 1 aliphatic heterocycles. The van der Waals surface area contributed by atoms with Gasteiger partial charge in [0.05, 0.1) is 27.1 Å². The van der Waals surface area contributed by atoms with E-state index in [0.717, 1.165) is 35.1 Å². The van der Waals surface area contributed by atoms with E-state index in [9.17, 15) is 28.1 Å². The van der Waals surface area contributed by atoms with Crippen LogP contribution in [0.2, 0.25) is 0 Å². The normalized spacial score (nSPS) is 14.6. The van der Waals surface area contributed by atoms with Gasteiger partial charge in [0, 0.05) is 17.9 Å². The molecule has 0 bridgehead atoms. The summed E-state index contributed by atoms with van der Waals surface area (Å²) in [6.07, 6.45) is -4.85. The summed E-state index contributed by atoms with van der Waals surface area (Å²) in [6, 6.07) is 9.78. The number of hydrogen-bond donors (Lipinski definition) is 1. The predicted octanol–water partition coefficient (Wildman–Crippen LogP) is 5.61. The number of benzene rings is 2. The molecule has 11 heteroatoms. The number of nitrogens with one attached hydrogen (secondary N) is 1. The van der Waals surface area contributed by atoms with Crippen LogP contribution in [0.1, 0.15) is 18.1 Å². The van der Waals surface area contributed by atoms with Gasteiger partial charge in [0.25, 0.3) is 5.69 Å². The molecular formula is C18H14F3N3O3S2. The minimum absolute atomic E-state index is 0.408. The quantitative estimate of drug-likeness (QED) is 0.493. The molecule has 0 aromatic heterocycles. The van der Waals surface area contributed by atoms with Gasteiger partial charge in [0.2, 0.25) is 5.91 Å². The number of alkyl halides is 3. The zero-order valence-electron chi connectivity index (χ0n) is 14.9. The Morgan fingerprint density at radius 1 is 1.31 bits per heavy atom. The van der Waals surface area contributed by atoms with Gasteiger partial charge in [0.15, 0.2) is 0 Å². The van der Waals surface area contributed by atoms with E-state index in [0.29, 0.717) is 16.2 Å². The number of nitro groups is 1. The molecule has 2 aromatic rings. The zero-order chi connectivity index (χ0) is 21.2. The van der Waals surface area contributed by atoms with Gasteiger partial charge in [-0.1, -0.05) is 41.7 Å². The summed E-state index contributed by atoms with van der Waals surface area (Å²) in [5.41, 5.74) is -0.625. The van der Waals surface area contributed by atoms with E-state index in [1.807, 2.05) is 24.3 Å². The molecular weight excluding hydrogens is 427 g/mol. The lowest BCUT2D eigenvalue weighted by molar-refractivity contribution is -0.385. The maximum Gasteiger partial charge on any atom is 0.418 e. The van der Waals surface area contributed by atoms with Crippen molar-refractivity contribution in [2.45, 2.75) is 24.1 Å². The number of rotatable bonds is 4. The summed E-state index contributed by atoms with van der Waals surface area (Å²) in [5.74, 6) is 0.0354. The Balaban J connectivity index is 1.75. The first kappa shape index (κ1) is 21.2. The number of thioether (sulfide) groups is 2. The summed E-state index contributed by atoms with van der Waals surface area (Å²) in [4.78, 5) is 26.7. The van der Waals surface area contributed by atoms with Gasteiger partial charge in [-0.2, -0.15) is 13.2 Å². The van der Waals surface area contributed by atoms with Crippen LogP contribution in [-0.4, -0.2) is 20.5 Å². The first-order valence-electron chi connectivity index (χ1n) is 8.27. The van der Waals surface area contributed by atoms with E-state index in [2.05, 4.69) is 10.3 Å². The van der Waals surface area contributed by atoms with Crippen LogP contribution in [0.5, 0.6) is 0 Å². The molecule has 1 atom stereocenters. The number of hydrogen-bond acceptors (Lipinski definition) is 6. The highest BCUT2D eigenvalue weighted by Gasteiger charge is 2.36. The maximum absolute atomic E-state index is 13.3. The Bertz CT molecular complexity index is 996. The van der Waals surface area contributed by atoms with Gasteiger partial charge < -0.3 is 5.32 Å². The maximum atomic E-state index is 13.3. The molecule has 1 N–H and O–H groups in total. The number of carbonyl (C=O) groups excluding carboxylic acids is 1. The number of anilines is 1. The van der Waals surface area contributed by atoms with Gasteiger partial charge in [-0.3, -0.25) is 14.9 Å². The van der Waals surface area contributed by atoms with Gasteiger partial charge in [-0.25, -0.2) is 4.99 Å². The summed E-state index contributed by atoms with van der Waals surface area (Å²) >= 11 is 2.59. The Hall–Kier alpha value is -2.53. The van der Waals surface area contributed by atoms with Crippen molar-refractivity contribution in [3.8, 4) is 0 Å². The number of para-hydroxylation sites is 1. The highest BCUT2D eigenvalue weighted by molar-refractivity contribution is 8.39. The Kier molecular flexibility index (Phi) is 6.18. The molecule has 1 aliphatic rings. The largest absolute Gasteiger partial charge is 0.418 e. The molecule has 0 aliphatic carbocycles. The number of nitrogens with zero attached hydrogens (tertiary/aromatic N) is 2. The highest BCUT2D eigenvalue weighted by Crippen LogP contribution is 2.38. The molecule has 0 saturated carbocycles. The number of fused-ring (bicyclic) bond motifs is 1. The minimum Gasteiger partial charge on any atom is -0.325 e. The van der Waals surface area contributed by atoms with Crippen molar-refractivity contribution in [2.75, 3.05) is 5.32 Å². The van der Waals surface area contributed by atoms with E-state index in [1.54, 1.807) is 6.92 Å². The van der Waals surface area contributed by atoms with Gasteiger partial charge in [-0.15, -0.1) is 0 Å². The number of halogens is 3. The lowest BCUT2D eigenvalue weighted by Gasteiger charge is -2.18. The van der Waals surface area contributed by atoms with Crippen molar-refractivity contribution >= 4 is 50.9 Å².